The second-order valence-electron chi connectivity index (χ2n) is 4.64. The molecule has 0 aromatic carbocycles. The fourth-order valence-electron chi connectivity index (χ4n) is 1.83. The molecule has 0 saturated heterocycles. The van der Waals surface area contributed by atoms with Gasteiger partial charge in [-0.1, -0.05) is 13.8 Å². The van der Waals surface area contributed by atoms with E-state index in [1.165, 1.54) is 12.8 Å². The summed E-state index contributed by atoms with van der Waals surface area (Å²) in [7, 11) is 0. The van der Waals surface area contributed by atoms with E-state index in [1.807, 2.05) is 0 Å². The molecule has 70 valence electrons. The van der Waals surface area contributed by atoms with Crippen LogP contribution in [0.25, 0.3) is 0 Å². The van der Waals surface area contributed by atoms with Crippen molar-refractivity contribution in [3.8, 4) is 0 Å². The van der Waals surface area contributed by atoms with Crippen LogP contribution in [0.4, 0.5) is 0 Å². The van der Waals surface area contributed by atoms with Crippen LogP contribution in [0.2, 0.25) is 0 Å². The highest BCUT2D eigenvalue weighted by Gasteiger charge is 2.26. The molecule has 2 nitrogen and oxygen atoms in total. The van der Waals surface area contributed by atoms with Crippen molar-refractivity contribution in [1.82, 2.24) is 5.32 Å². The molecule has 12 heavy (non-hydrogen) atoms. The minimum Gasteiger partial charge on any atom is -0.354 e. The lowest BCUT2D eigenvalue weighted by Crippen LogP contribution is -2.37. The molecule has 0 unspecified atom stereocenters. The van der Waals surface area contributed by atoms with E-state index in [1.54, 1.807) is 6.92 Å². The molecular weight excluding hydrogens is 150 g/mol. The van der Waals surface area contributed by atoms with Gasteiger partial charge in [-0.05, 0) is 31.1 Å². The lowest BCUT2D eigenvalue weighted by atomic mass is 9.75. The van der Waals surface area contributed by atoms with Crippen LogP contribution in [0.1, 0.15) is 46.5 Å². The molecule has 1 aliphatic carbocycles. The van der Waals surface area contributed by atoms with Gasteiger partial charge < -0.3 is 5.32 Å². The molecule has 0 heterocycles. The predicted molar refractivity (Wildman–Crippen MR) is 49.9 cm³/mol. The third-order valence-electron chi connectivity index (χ3n) is 2.75. The second kappa shape index (κ2) is 3.46. The quantitative estimate of drug-likeness (QED) is 0.640. The first kappa shape index (κ1) is 9.56. The number of hydrogen-bond acceptors (Lipinski definition) is 1. The van der Waals surface area contributed by atoms with E-state index in [0.29, 0.717) is 11.5 Å². The van der Waals surface area contributed by atoms with E-state index in [0.717, 1.165) is 12.8 Å². The molecule has 0 bridgehead atoms. The topological polar surface area (TPSA) is 29.1 Å². The first-order chi connectivity index (χ1) is 5.49. The van der Waals surface area contributed by atoms with Gasteiger partial charge in [-0.3, -0.25) is 4.79 Å². The van der Waals surface area contributed by atoms with E-state index >= 15 is 0 Å². The minimum atomic E-state index is 0.111. The summed E-state index contributed by atoms with van der Waals surface area (Å²) in [6.45, 7) is 6.20. The summed E-state index contributed by atoms with van der Waals surface area (Å²) in [5, 5.41) is 2.98. The van der Waals surface area contributed by atoms with Crippen LogP contribution in [-0.2, 0) is 4.79 Å². The number of carbonyl (C=O) groups excluding carboxylic acids is 1. The maximum atomic E-state index is 10.8. The zero-order valence-electron chi connectivity index (χ0n) is 8.31. The highest BCUT2D eigenvalue weighted by molar-refractivity contribution is 5.73. The van der Waals surface area contributed by atoms with E-state index < -0.39 is 0 Å². The molecular formula is C10H19NO. The number of nitrogens with one attached hydrogen (secondary N) is 1. The van der Waals surface area contributed by atoms with Crippen LogP contribution in [0.3, 0.4) is 0 Å². The molecule has 2 heteroatoms. The van der Waals surface area contributed by atoms with Gasteiger partial charge in [-0.15, -0.1) is 0 Å². The van der Waals surface area contributed by atoms with Crippen LogP contribution < -0.4 is 5.32 Å². The number of rotatable bonds is 1. The van der Waals surface area contributed by atoms with E-state index in [2.05, 4.69) is 19.2 Å². The molecule has 1 amide bonds. The normalized spacial score (nSPS) is 23.6. The Morgan fingerprint density at radius 2 is 1.83 bits per heavy atom. The Kier molecular flexibility index (Phi) is 2.76. The van der Waals surface area contributed by atoms with Crippen LogP contribution in [-0.4, -0.2) is 11.9 Å². The van der Waals surface area contributed by atoms with Gasteiger partial charge in [-0.2, -0.15) is 0 Å². The summed E-state index contributed by atoms with van der Waals surface area (Å²) in [5.74, 6) is 0.111. The minimum absolute atomic E-state index is 0.111. The number of hydrogen-bond donors (Lipinski definition) is 1. The third kappa shape index (κ3) is 2.84. The van der Waals surface area contributed by atoms with Gasteiger partial charge in [0, 0.05) is 13.0 Å². The van der Waals surface area contributed by atoms with Crippen LogP contribution in [0.5, 0.6) is 0 Å². The molecule has 0 aliphatic heterocycles. The standard InChI is InChI=1S/C10H19NO/c1-8(12)11-9-4-6-10(2,3)7-5-9/h9H,4-7H2,1-3H3,(H,11,12). The smallest absolute Gasteiger partial charge is 0.217 e. The van der Waals surface area contributed by atoms with Gasteiger partial charge in [0.1, 0.15) is 0 Å². The van der Waals surface area contributed by atoms with Gasteiger partial charge in [0.2, 0.25) is 5.91 Å². The van der Waals surface area contributed by atoms with Crippen molar-refractivity contribution in [2.24, 2.45) is 5.41 Å². The van der Waals surface area contributed by atoms with Gasteiger partial charge in [-0.25, -0.2) is 0 Å². The van der Waals surface area contributed by atoms with Crippen molar-refractivity contribution in [3.05, 3.63) is 0 Å². The second-order valence-corrected chi connectivity index (χ2v) is 4.64. The van der Waals surface area contributed by atoms with E-state index in [4.69, 9.17) is 0 Å². The fourth-order valence-corrected chi connectivity index (χ4v) is 1.83. The van der Waals surface area contributed by atoms with E-state index in [9.17, 15) is 4.79 Å². The molecule has 1 aliphatic rings. The molecule has 1 fully saturated rings. The Morgan fingerprint density at radius 1 is 1.33 bits per heavy atom. The number of amides is 1. The van der Waals surface area contributed by atoms with Gasteiger partial charge in [0.05, 0.1) is 0 Å². The molecule has 1 saturated carbocycles. The van der Waals surface area contributed by atoms with Crippen LogP contribution in [0.15, 0.2) is 0 Å². The summed E-state index contributed by atoms with van der Waals surface area (Å²) < 4.78 is 0. The van der Waals surface area contributed by atoms with Crippen LogP contribution >= 0.6 is 0 Å². The van der Waals surface area contributed by atoms with Gasteiger partial charge in [0.15, 0.2) is 0 Å². The summed E-state index contributed by atoms with van der Waals surface area (Å²) >= 11 is 0. The molecule has 0 radical (unpaired) electrons. The Bertz CT molecular complexity index is 165. The van der Waals surface area contributed by atoms with Crippen molar-refractivity contribution >= 4 is 5.91 Å². The predicted octanol–water partition coefficient (Wildman–Crippen LogP) is 2.09. The molecule has 0 aromatic heterocycles. The largest absolute Gasteiger partial charge is 0.354 e. The van der Waals surface area contributed by atoms with Crippen molar-refractivity contribution in [2.45, 2.75) is 52.5 Å². The lowest BCUT2D eigenvalue weighted by Gasteiger charge is -2.34. The first-order valence-corrected chi connectivity index (χ1v) is 4.77. The van der Waals surface area contributed by atoms with E-state index in [-0.39, 0.29) is 5.91 Å². The summed E-state index contributed by atoms with van der Waals surface area (Å²) in [4.78, 5) is 10.8. The fraction of sp³-hybridized carbons (Fsp3) is 0.900. The maximum Gasteiger partial charge on any atom is 0.217 e. The summed E-state index contributed by atoms with van der Waals surface area (Å²) in [6.07, 6.45) is 4.76. The lowest BCUT2D eigenvalue weighted by molar-refractivity contribution is -0.120. The zero-order valence-corrected chi connectivity index (χ0v) is 8.31. The summed E-state index contributed by atoms with van der Waals surface area (Å²) in [5.41, 5.74) is 0.495. The van der Waals surface area contributed by atoms with Crippen molar-refractivity contribution < 1.29 is 4.79 Å². The molecule has 1 N–H and O–H groups in total. The molecule has 0 atom stereocenters. The zero-order chi connectivity index (χ0) is 9.19. The Hall–Kier alpha value is -0.530. The number of carbonyl (C=O) groups is 1. The van der Waals surface area contributed by atoms with Crippen molar-refractivity contribution in [2.75, 3.05) is 0 Å². The average Bonchev–Trinajstić information content (AvgIpc) is 1.93. The molecule has 0 spiro atoms. The van der Waals surface area contributed by atoms with Gasteiger partial charge >= 0.3 is 0 Å². The molecule has 0 aromatic rings. The van der Waals surface area contributed by atoms with Gasteiger partial charge in [0.25, 0.3) is 0 Å². The highest BCUT2D eigenvalue weighted by atomic mass is 16.1. The Morgan fingerprint density at radius 3 is 2.25 bits per heavy atom. The summed E-state index contributed by atoms with van der Waals surface area (Å²) in [6, 6.07) is 0.440. The first-order valence-electron chi connectivity index (χ1n) is 4.77. The average molecular weight is 169 g/mol. The maximum absolute atomic E-state index is 10.8. The van der Waals surface area contributed by atoms with Crippen molar-refractivity contribution in [3.63, 3.8) is 0 Å². The Labute approximate surface area is 74.7 Å². The van der Waals surface area contributed by atoms with Crippen LogP contribution in [0, 0.1) is 5.41 Å². The SMILES string of the molecule is CC(=O)NC1CCC(C)(C)CC1. The molecule has 1 rings (SSSR count). The third-order valence-corrected chi connectivity index (χ3v) is 2.75. The Balaban J connectivity index is 2.31. The highest BCUT2D eigenvalue weighted by Crippen LogP contribution is 2.34. The van der Waals surface area contributed by atoms with Crippen molar-refractivity contribution in [1.29, 1.82) is 0 Å². The monoisotopic (exact) mass is 169 g/mol.